The Morgan fingerprint density at radius 1 is 1.35 bits per heavy atom. The zero-order valence-corrected chi connectivity index (χ0v) is 10.8. The molecule has 0 radical (unpaired) electrons. The van der Waals surface area contributed by atoms with Crippen molar-refractivity contribution in [3.8, 4) is 0 Å². The van der Waals surface area contributed by atoms with E-state index in [1.807, 2.05) is 0 Å². The summed E-state index contributed by atoms with van der Waals surface area (Å²) in [6, 6.07) is 0. The third-order valence-corrected chi connectivity index (χ3v) is 4.45. The fraction of sp³-hybridized carbons (Fsp3) is 0.714. The van der Waals surface area contributed by atoms with Crippen molar-refractivity contribution < 1.29 is 0 Å². The van der Waals surface area contributed by atoms with E-state index in [1.54, 1.807) is 0 Å². The lowest BCUT2D eigenvalue weighted by molar-refractivity contribution is 0.456. The molecule has 2 N–H and O–H groups in total. The third-order valence-electron chi connectivity index (χ3n) is 4.45. The number of aryl methyl sites for hydroxylation is 2. The van der Waals surface area contributed by atoms with E-state index >= 15 is 0 Å². The number of rotatable bonds is 2. The molecule has 0 amide bonds. The largest absolute Gasteiger partial charge is 0.330 e. The highest BCUT2D eigenvalue weighted by molar-refractivity contribution is 5.31. The van der Waals surface area contributed by atoms with E-state index in [9.17, 15) is 0 Å². The maximum Gasteiger partial charge on any atom is 0.134 e. The first-order valence-electron chi connectivity index (χ1n) is 6.69. The predicted octanol–water partition coefficient (Wildman–Crippen LogP) is 1.90. The Labute approximate surface area is 103 Å². The van der Waals surface area contributed by atoms with Crippen molar-refractivity contribution in [2.75, 3.05) is 6.54 Å². The van der Waals surface area contributed by atoms with Gasteiger partial charge in [-0.15, -0.1) is 0 Å². The minimum Gasteiger partial charge on any atom is -0.330 e. The van der Waals surface area contributed by atoms with Crippen LogP contribution in [0.25, 0.3) is 0 Å². The fourth-order valence-electron chi connectivity index (χ4n) is 2.74. The van der Waals surface area contributed by atoms with Crippen LogP contribution >= 0.6 is 0 Å². The summed E-state index contributed by atoms with van der Waals surface area (Å²) in [5.41, 5.74) is 9.92. The highest BCUT2D eigenvalue weighted by Crippen LogP contribution is 2.46. The minimum absolute atomic E-state index is 0.282. The summed E-state index contributed by atoms with van der Waals surface area (Å²) < 4.78 is 0. The summed E-state index contributed by atoms with van der Waals surface area (Å²) >= 11 is 0. The molecule has 1 aromatic rings. The van der Waals surface area contributed by atoms with Crippen LogP contribution in [-0.2, 0) is 18.3 Å². The Morgan fingerprint density at radius 2 is 2.12 bits per heavy atom. The van der Waals surface area contributed by atoms with E-state index in [1.165, 1.54) is 36.2 Å². The van der Waals surface area contributed by atoms with Gasteiger partial charge in [-0.2, -0.15) is 0 Å². The van der Waals surface area contributed by atoms with Crippen LogP contribution in [0.1, 0.15) is 49.0 Å². The Kier molecular flexibility index (Phi) is 2.47. The first kappa shape index (κ1) is 11.1. The van der Waals surface area contributed by atoms with Gasteiger partial charge in [-0.25, -0.2) is 9.97 Å². The molecular formula is C14H21N3. The van der Waals surface area contributed by atoms with Crippen LogP contribution in [0.2, 0.25) is 0 Å². The predicted molar refractivity (Wildman–Crippen MR) is 67.9 cm³/mol. The van der Waals surface area contributed by atoms with Gasteiger partial charge in [0.1, 0.15) is 5.82 Å². The van der Waals surface area contributed by atoms with Gasteiger partial charge < -0.3 is 5.73 Å². The van der Waals surface area contributed by atoms with Gasteiger partial charge in [-0.1, -0.05) is 6.92 Å². The molecule has 1 fully saturated rings. The van der Waals surface area contributed by atoms with Crippen LogP contribution in [0.4, 0.5) is 0 Å². The Morgan fingerprint density at radius 3 is 2.76 bits per heavy atom. The van der Waals surface area contributed by atoms with Crippen molar-refractivity contribution >= 4 is 0 Å². The number of aromatic nitrogens is 2. The molecule has 3 nitrogen and oxygen atoms in total. The van der Waals surface area contributed by atoms with Gasteiger partial charge in [0.05, 0.1) is 0 Å². The maximum absolute atomic E-state index is 5.78. The highest BCUT2D eigenvalue weighted by atomic mass is 14.9. The normalized spacial score (nSPS) is 25.5. The zero-order valence-electron chi connectivity index (χ0n) is 10.8. The molecule has 0 bridgehead atoms. The molecule has 1 heterocycles. The molecule has 0 spiro atoms. The molecule has 1 aromatic heterocycles. The monoisotopic (exact) mass is 231 g/mol. The van der Waals surface area contributed by atoms with E-state index in [4.69, 9.17) is 15.7 Å². The van der Waals surface area contributed by atoms with Crippen LogP contribution in [-0.4, -0.2) is 16.5 Å². The van der Waals surface area contributed by atoms with Crippen LogP contribution in [0.5, 0.6) is 0 Å². The highest BCUT2D eigenvalue weighted by Gasteiger charge is 2.42. The summed E-state index contributed by atoms with van der Waals surface area (Å²) in [4.78, 5) is 9.56. The molecule has 17 heavy (non-hydrogen) atoms. The van der Waals surface area contributed by atoms with E-state index in [-0.39, 0.29) is 5.41 Å². The lowest BCUT2D eigenvalue weighted by Gasteiger charge is -2.25. The van der Waals surface area contributed by atoms with E-state index in [0.29, 0.717) is 5.92 Å². The zero-order chi connectivity index (χ0) is 12.0. The SMILES string of the molecule is Cc1nc(C2(C)CC2)nc2c1CC(CN)CC2. The molecule has 2 aliphatic rings. The van der Waals surface area contributed by atoms with Crippen molar-refractivity contribution in [1.29, 1.82) is 0 Å². The van der Waals surface area contributed by atoms with Gasteiger partial charge in [0.15, 0.2) is 0 Å². The minimum atomic E-state index is 0.282. The molecular weight excluding hydrogens is 210 g/mol. The molecule has 1 atom stereocenters. The fourth-order valence-corrected chi connectivity index (χ4v) is 2.74. The summed E-state index contributed by atoms with van der Waals surface area (Å²) in [6.07, 6.45) is 5.85. The van der Waals surface area contributed by atoms with E-state index in [2.05, 4.69) is 13.8 Å². The van der Waals surface area contributed by atoms with E-state index < -0.39 is 0 Å². The summed E-state index contributed by atoms with van der Waals surface area (Å²) in [5, 5.41) is 0. The number of nitrogens with two attached hydrogens (primary N) is 1. The molecule has 1 saturated carbocycles. The first-order valence-corrected chi connectivity index (χ1v) is 6.69. The summed E-state index contributed by atoms with van der Waals surface area (Å²) in [5.74, 6) is 1.71. The van der Waals surface area contributed by atoms with Crippen molar-refractivity contribution in [2.24, 2.45) is 11.7 Å². The second-order valence-corrected chi connectivity index (χ2v) is 5.96. The maximum atomic E-state index is 5.78. The van der Waals surface area contributed by atoms with Crippen LogP contribution in [0.3, 0.4) is 0 Å². The van der Waals surface area contributed by atoms with Gasteiger partial charge in [0.2, 0.25) is 0 Å². The third kappa shape index (κ3) is 1.86. The van der Waals surface area contributed by atoms with Gasteiger partial charge in [-0.05, 0) is 57.1 Å². The van der Waals surface area contributed by atoms with Crippen molar-refractivity contribution in [1.82, 2.24) is 9.97 Å². The molecule has 3 heteroatoms. The molecule has 1 unspecified atom stereocenters. The Hall–Kier alpha value is -0.960. The van der Waals surface area contributed by atoms with Gasteiger partial charge >= 0.3 is 0 Å². The van der Waals surface area contributed by atoms with E-state index in [0.717, 1.165) is 25.2 Å². The van der Waals surface area contributed by atoms with Crippen LogP contribution in [0.15, 0.2) is 0 Å². The van der Waals surface area contributed by atoms with Gasteiger partial charge in [0, 0.05) is 16.8 Å². The summed E-state index contributed by atoms with van der Waals surface area (Å²) in [7, 11) is 0. The Bertz CT molecular complexity index is 449. The number of hydrogen-bond acceptors (Lipinski definition) is 3. The first-order chi connectivity index (χ1) is 8.12. The van der Waals surface area contributed by atoms with Crippen LogP contribution < -0.4 is 5.73 Å². The molecule has 2 aliphatic carbocycles. The molecule has 0 aromatic carbocycles. The molecule has 0 saturated heterocycles. The van der Waals surface area contributed by atoms with Crippen molar-refractivity contribution in [2.45, 2.75) is 51.4 Å². The second-order valence-electron chi connectivity index (χ2n) is 5.96. The van der Waals surface area contributed by atoms with Crippen molar-refractivity contribution in [3.63, 3.8) is 0 Å². The average Bonchev–Trinajstić information content (AvgIpc) is 3.08. The quantitative estimate of drug-likeness (QED) is 0.845. The number of nitrogens with zero attached hydrogens (tertiary/aromatic N) is 2. The second kappa shape index (κ2) is 3.77. The standard InChI is InChI=1S/C14H21N3/c1-9-11-7-10(8-15)3-4-12(11)17-13(16-9)14(2)5-6-14/h10H,3-8,15H2,1-2H3. The lowest BCUT2D eigenvalue weighted by Crippen LogP contribution is -2.25. The molecule has 92 valence electrons. The number of fused-ring (bicyclic) bond motifs is 1. The number of hydrogen-bond donors (Lipinski definition) is 1. The van der Waals surface area contributed by atoms with Gasteiger partial charge in [0.25, 0.3) is 0 Å². The molecule has 0 aliphatic heterocycles. The van der Waals surface area contributed by atoms with Gasteiger partial charge in [-0.3, -0.25) is 0 Å². The summed E-state index contributed by atoms with van der Waals surface area (Å²) in [6.45, 7) is 5.20. The smallest absolute Gasteiger partial charge is 0.134 e. The Balaban J connectivity index is 1.98. The van der Waals surface area contributed by atoms with Crippen LogP contribution in [0, 0.1) is 12.8 Å². The van der Waals surface area contributed by atoms with Crippen molar-refractivity contribution in [3.05, 3.63) is 22.8 Å². The molecule has 3 rings (SSSR count). The lowest BCUT2D eigenvalue weighted by atomic mass is 9.85. The average molecular weight is 231 g/mol. The topological polar surface area (TPSA) is 51.8 Å².